The number of carbonyl (C=O) groups is 3. The van der Waals surface area contributed by atoms with Gasteiger partial charge in [-0.15, -0.1) is 10.2 Å². The molecule has 2 aliphatic rings. The van der Waals surface area contributed by atoms with Crippen molar-refractivity contribution in [3.05, 3.63) is 132 Å². The number of aromatic nitrogens is 6. The normalized spacial score (nSPS) is 17.3. The molecule has 13 heteroatoms. The molecule has 3 aromatic carbocycles. The lowest BCUT2D eigenvalue weighted by Crippen LogP contribution is -2.42. The van der Waals surface area contributed by atoms with E-state index in [2.05, 4.69) is 35.5 Å². The second kappa shape index (κ2) is 15.8. The zero-order valence-corrected chi connectivity index (χ0v) is 30.4. The molecule has 55 heavy (non-hydrogen) atoms. The van der Waals surface area contributed by atoms with Crippen LogP contribution in [-0.2, 0) is 20.7 Å². The summed E-state index contributed by atoms with van der Waals surface area (Å²) in [5.41, 5.74) is 6.49. The van der Waals surface area contributed by atoms with Gasteiger partial charge in [0.1, 0.15) is 23.4 Å². The summed E-state index contributed by atoms with van der Waals surface area (Å²) in [4.78, 5) is 59.1. The third-order valence-electron chi connectivity index (χ3n) is 10.4. The Morgan fingerprint density at radius 2 is 1.31 bits per heavy atom. The number of ether oxygens (including phenoxy) is 1. The Bertz CT molecular complexity index is 2260. The minimum absolute atomic E-state index is 0.0939. The Balaban J connectivity index is 0.921. The van der Waals surface area contributed by atoms with Gasteiger partial charge in [0.05, 0.1) is 55.1 Å². The molecule has 2 aliphatic heterocycles. The molecule has 2 saturated heterocycles. The Kier molecular flexibility index (Phi) is 10.1. The van der Waals surface area contributed by atoms with E-state index in [4.69, 9.17) is 4.74 Å². The first-order chi connectivity index (χ1) is 26.9. The average molecular weight is 736 g/mol. The maximum atomic E-state index is 13.9. The van der Waals surface area contributed by atoms with E-state index in [0.29, 0.717) is 36.6 Å². The molecule has 0 radical (unpaired) electrons. The van der Waals surface area contributed by atoms with E-state index in [9.17, 15) is 14.4 Å². The van der Waals surface area contributed by atoms with E-state index >= 15 is 0 Å². The Labute approximate surface area is 318 Å². The first-order valence-corrected chi connectivity index (χ1v) is 18.5. The lowest BCUT2D eigenvalue weighted by molar-refractivity contribution is -0.134. The van der Waals surface area contributed by atoms with Crippen molar-refractivity contribution in [1.82, 2.24) is 45.2 Å². The van der Waals surface area contributed by atoms with Gasteiger partial charge in [0.25, 0.3) is 5.91 Å². The van der Waals surface area contributed by atoms with E-state index in [1.165, 1.54) is 7.11 Å². The summed E-state index contributed by atoms with van der Waals surface area (Å²) < 4.78 is 4.82. The summed E-state index contributed by atoms with van der Waals surface area (Å²) in [5, 5.41) is 11.7. The van der Waals surface area contributed by atoms with E-state index < -0.39 is 12.1 Å². The van der Waals surface area contributed by atoms with Gasteiger partial charge in [-0.1, -0.05) is 84.9 Å². The number of benzene rings is 3. The molecule has 0 bridgehead atoms. The number of nitrogens with zero attached hydrogens (tertiary/aromatic N) is 6. The highest BCUT2D eigenvalue weighted by molar-refractivity contribution is 5.87. The van der Waals surface area contributed by atoms with Crippen LogP contribution >= 0.6 is 0 Å². The lowest BCUT2D eigenvalue weighted by Gasteiger charge is -2.28. The fraction of sp³-hybridized carbons (Fsp3) is 0.262. The molecule has 5 heterocycles. The van der Waals surface area contributed by atoms with Gasteiger partial charge in [0, 0.05) is 18.7 Å². The van der Waals surface area contributed by atoms with Crippen LogP contribution in [0.4, 0.5) is 4.79 Å². The fourth-order valence-electron chi connectivity index (χ4n) is 7.55. The fourth-order valence-corrected chi connectivity index (χ4v) is 7.55. The van der Waals surface area contributed by atoms with Crippen LogP contribution in [-0.4, -0.2) is 78.0 Å². The molecule has 3 aromatic heterocycles. The molecule has 13 nitrogen and oxygen atoms in total. The molecule has 0 unspecified atom stereocenters. The number of nitrogens with one attached hydrogen (secondary N) is 3. The molecule has 0 aliphatic carbocycles. The molecule has 3 atom stereocenters. The van der Waals surface area contributed by atoms with Gasteiger partial charge in [0.2, 0.25) is 5.91 Å². The van der Waals surface area contributed by atoms with Crippen molar-refractivity contribution in [2.75, 3.05) is 20.2 Å². The zero-order chi connectivity index (χ0) is 37.7. The molecular weight excluding hydrogens is 695 g/mol. The number of imidazole rings is 2. The lowest BCUT2D eigenvalue weighted by atomic mass is 10.0. The minimum Gasteiger partial charge on any atom is -0.453 e. The first kappa shape index (κ1) is 35.4. The van der Waals surface area contributed by atoms with Crippen LogP contribution < -0.4 is 5.32 Å². The quantitative estimate of drug-likeness (QED) is 0.142. The number of hydrogen-bond donors (Lipinski definition) is 3. The zero-order valence-electron chi connectivity index (χ0n) is 30.4. The van der Waals surface area contributed by atoms with Gasteiger partial charge < -0.3 is 29.8 Å². The van der Waals surface area contributed by atoms with E-state index in [1.54, 1.807) is 17.3 Å². The van der Waals surface area contributed by atoms with Crippen molar-refractivity contribution in [3.63, 3.8) is 0 Å². The highest BCUT2D eigenvalue weighted by Gasteiger charge is 2.37. The summed E-state index contributed by atoms with van der Waals surface area (Å²) in [6.45, 7) is 1.27. The Hall–Kier alpha value is -6.63. The van der Waals surface area contributed by atoms with Gasteiger partial charge in [-0.2, -0.15) is 0 Å². The number of carbonyl (C=O) groups excluding carboxylic acids is 3. The van der Waals surface area contributed by atoms with Crippen molar-refractivity contribution in [2.24, 2.45) is 0 Å². The van der Waals surface area contributed by atoms with E-state index in [-0.39, 0.29) is 23.9 Å². The molecule has 8 rings (SSSR count). The number of amides is 3. The van der Waals surface area contributed by atoms with Crippen LogP contribution in [0.1, 0.15) is 66.6 Å². The second-order valence-corrected chi connectivity index (χ2v) is 13.8. The van der Waals surface area contributed by atoms with Crippen molar-refractivity contribution >= 4 is 17.9 Å². The van der Waals surface area contributed by atoms with E-state index in [0.717, 1.165) is 65.3 Å². The predicted molar refractivity (Wildman–Crippen MR) is 205 cm³/mol. The SMILES string of the molecule is COC(=O)N[C@@H](C(=O)N1CCC[C@H]1c1ncc(-c2ccc(-c3ccc(-c4cnc([C@@H]5CCCN5C(=O)Cc5ccccc5)[nH]4)nn3)cc2)[nH]1)c1ccccc1. The van der Waals surface area contributed by atoms with Gasteiger partial charge >= 0.3 is 6.09 Å². The van der Waals surface area contributed by atoms with Crippen LogP contribution in [0.2, 0.25) is 0 Å². The number of methoxy groups -OCH3 is 1. The standard InChI is InChI=1S/C42H41N9O4/c1-55-42(54)47-38(30-12-6-3-7-13-30)41(53)51-23-9-15-36(51)40-43-25-33(45-40)29-18-16-28(17-19-29)31-20-21-32(49-48-31)34-26-44-39(46-34)35-14-8-22-50(35)37(52)24-27-10-4-2-5-11-27/h2-7,10-13,16-21,25-26,35-36,38H,8-9,14-15,22-24H2,1H3,(H,43,45)(H,44,46)(H,47,54)/t35-,36-,38+/m0/s1. The molecule has 6 aromatic rings. The van der Waals surface area contributed by atoms with Gasteiger partial charge in [-0.3, -0.25) is 9.59 Å². The van der Waals surface area contributed by atoms with Crippen molar-refractivity contribution < 1.29 is 19.1 Å². The third-order valence-corrected chi connectivity index (χ3v) is 10.4. The summed E-state index contributed by atoms with van der Waals surface area (Å²) in [5.74, 6) is 1.34. The van der Waals surface area contributed by atoms with Gasteiger partial charge in [0.15, 0.2) is 0 Å². The van der Waals surface area contributed by atoms with Crippen LogP contribution in [0.25, 0.3) is 33.9 Å². The minimum atomic E-state index is -0.879. The Morgan fingerprint density at radius 1 is 0.727 bits per heavy atom. The maximum absolute atomic E-state index is 13.9. The summed E-state index contributed by atoms with van der Waals surface area (Å²) >= 11 is 0. The van der Waals surface area contributed by atoms with Crippen LogP contribution in [0.3, 0.4) is 0 Å². The van der Waals surface area contributed by atoms with E-state index in [1.807, 2.05) is 102 Å². The largest absolute Gasteiger partial charge is 0.453 e. The van der Waals surface area contributed by atoms with Crippen LogP contribution in [0.5, 0.6) is 0 Å². The monoisotopic (exact) mass is 735 g/mol. The predicted octanol–water partition coefficient (Wildman–Crippen LogP) is 6.59. The average Bonchev–Trinajstić information content (AvgIpc) is 4.08. The Morgan fingerprint density at radius 3 is 1.98 bits per heavy atom. The summed E-state index contributed by atoms with van der Waals surface area (Å²) in [7, 11) is 1.28. The molecular formula is C42H41N9O4. The van der Waals surface area contributed by atoms with Crippen molar-refractivity contribution in [3.8, 4) is 33.9 Å². The number of hydrogen-bond acceptors (Lipinski definition) is 8. The summed E-state index contributed by atoms with van der Waals surface area (Å²) in [6, 6.07) is 29.6. The highest BCUT2D eigenvalue weighted by Crippen LogP contribution is 2.35. The molecule has 2 fully saturated rings. The molecule has 278 valence electrons. The number of rotatable bonds is 10. The smallest absolute Gasteiger partial charge is 0.407 e. The number of alkyl carbamates (subject to hydrolysis) is 1. The van der Waals surface area contributed by atoms with Crippen LogP contribution in [0, 0.1) is 0 Å². The number of likely N-dealkylation sites (tertiary alicyclic amines) is 2. The number of aromatic amines is 2. The topological polar surface area (TPSA) is 162 Å². The van der Waals surface area contributed by atoms with Crippen molar-refractivity contribution in [2.45, 2.75) is 50.2 Å². The van der Waals surface area contributed by atoms with Gasteiger partial charge in [-0.05, 0) is 54.5 Å². The third kappa shape index (κ3) is 7.59. The first-order valence-electron chi connectivity index (χ1n) is 18.5. The molecule has 3 amide bonds. The van der Waals surface area contributed by atoms with Crippen LogP contribution in [0.15, 0.2) is 109 Å². The van der Waals surface area contributed by atoms with Gasteiger partial charge in [-0.25, -0.2) is 14.8 Å². The molecule has 0 spiro atoms. The highest BCUT2D eigenvalue weighted by atomic mass is 16.5. The number of H-pyrrole nitrogens is 2. The summed E-state index contributed by atoms with van der Waals surface area (Å²) in [6.07, 6.45) is 6.60. The molecule has 3 N–H and O–H groups in total. The second-order valence-electron chi connectivity index (χ2n) is 13.8. The molecule has 0 saturated carbocycles. The van der Waals surface area contributed by atoms with Crippen molar-refractivity contribution in [1.29, 1.82) is 0 Å². The maximum Gasteiger partial charge on any atom is 0.407 e.